The molecule has 1 aliphatic heterocycles. The van der Waals surface area contributed by atoms with Crippen LogP contribution in [0.1, 0.15) is 37.1 Å². The second-order valence-electron chi connectivity index (χ2n) is 7.16. The number of nitrogens with zero attached hydrogens (tertiary/aromatic N) is 5. The molecule has 0 radical (unpaired) electrons. The molecule has 4 rings (SSSR count). The van der Waals surface area contributed by atoms with Gasteiger partial charge in [0.2, 0.25) is 5.91 Å². The smallest absolute Gasteiger partial charge is 0.241 e. The van der Waals surface area contributed by atoms with Crippen LogP contribution in [0.15, 0.2) is 48.7 Å². The van der Waals surface area contributed by atoms with Crippen molar-refractivity contribution in [2.24, 2.45) is 0 Å². The van der Waals surface area contributed by atoms with Crippen molar-refractivity contribution >= 4 is 17.2 Å². The summed E-state index contributed by atoms with van der Waals surface area (Å²) in [6.45, 7) is 3.59. The van der Waals surface area contributed by atoms with Gasteiger partial charge >= 0.3 is 0 Å². The standard InChI is InChI=1S/C21H22N6O/c1-15(21(28)23-18-6-4-5-16(13-18)14-22)26-11-8-17(9-12-26)20-25-24-19-7-2-3-10-27(19)20/h2-7,10,13,15,17H,8-9,11-12H2,1H3,(H,23,28). The van der Waals surface area contributed by atoms with E-state index >= 15 is 0 Å². The van der Waals surface area contributed by atoms with Gasteiger partial charge in [0.25, 0.3) is 0 Å². The summed E-state index contributed by atoms with van der Waals surface area (Å²) in [5.41, 5.74) is 2.06. The fourth-order valence-electron chi connectivity index (χ4n) is 3.76. The minimum atomic E-state index is -0.234. The molecule has 1 atom stereocenters. The van der Waals surface area contributed by atoms with E-state index in [1.54, 1.807) is 24.3 Å². The number of likely N-dealkylation sites (tertiary alicyclic amines) is 1. The second-order valence-corrected chi connectivity index (χ2v) is 7.16. The molecule has 28 heavy (non-hydrogen) atoms. The van der Waals surface area contributed by atoms with Crippen LogP contribution in [-0.4, -0.2) is 44.5 Å². The average molecular weight is 374 g/mol. The lowest BCUT2D eigenvalue weighted by Gasteiger charge is -2.34. The number of nitrogens with one attached hydrogen (secondary N) is 1. The van der Waals surface area contributed by atoms with E-state index in [1.807, 2.05) is 31.3 Å². The molecule has 1 aliphatic rings. The van der Waals surface area contributed by atoms with Crippen LogP contribution in [0.25, 0.3) is 5.65 Å². The molecule has 0 saturated carbocycles. The van der Waals surface area contributed by atoms with E-state index in [2.05, 4.69) is 30.9 Å². The van der Waals surface area contributed by atoms with E-state index in [4.69, 9.17) is 5.26 Å². The minimum Gasteiger partial charge on any atom is -0.325 e. The molecule has 7 nitrogen and oxygen atoms in total. The molecule has 0 aliphatic carbocycles. The van der Waals surface area contributed by atoms with Gasteiger partial charge in [-0.3, -0.25) is 14.1 Å². The van der Waals surface area contributed by atoms with Crippen LogP contribution in [0.2, 0.25) is 0 Å². The number of nitriles is 1. The Kier molecular flexibility index (Phi) is 5.04. The molecule has 1 aromatic carbocycles. The number of amides is 1. The predicted octanol–water partition coefficient (Wildman–Crippen LogP) is 2.81. The molecule has 0 bridgehead atoms. The van der Waals surface area contributed by atoms with Crippen molar-refractivity contribution < 1.29 is 4.79 Å². The number of carbonyl (C=O) groups is 1. The molecule has 1 fully saturated rings. The summed E-state index contributed by atoms with van der Waals surface area (Å²) < 4.78 is 2.05. The SMILES string of the molecule is CC(C(=O)Nc1cccc(C#N)c1)N1CCC(c2nnc3ccccn23)CC1. The Labute approximate surface area is 163 Å². The summed E-state index contributed by atoms with van der Waals surface area (Å²) in [6.07, 6.45) is 3.89. The number of piperidine rings is 1. The van der Waals surface area contributed by atoms with Gasteiger partial charge in [-0.2, -0.15) is 5.26 Å². The molecule has 1 amide bonds. The van der Waals surface area contributed by atoms with Gasteiger partial charge in [-0.15, -0.1) is 10.2 Å². The van der Waals surface area contributed by atoms with Gasteiger partial charge in [-0.1, -0.05) is 12.1 Å². The third kappa shape index (κ3) is 3.59. The van der Waals surface area contributed by atoms with E-state index in [-0.39, 0.29) is 11.9 Å². The molecular weight excluding hydrogens is 352 g/mol. The van der Waals surface area contributed by atoms with Crippen LogP contribution in [0.3, 0.4) is 0 Å². The first-order chi connectivity index (χ1) is 13.7. The van der Waals surface area contributed by atoms with Crippen LogP contribution < -0.4 is 5.32 Å². The molecule has 1 N–H and O–H groups in total. The topological polar surface area (TPSA) is 86.3 Å². The Morgan fingerprint density at radius 2 is 2.04 bits per heavy atom. The molecule has 3 aromatic rings. The lowest BCUT2D eigenvalue weighted by molar-refractivity contribution is -0.121. The maximum Gasteiger partial charge on any atom is 0.241 e. The maximum atomic E-state index is 12.6. The van der Waals surface area contributed by atoms with Gasteiger partial charge < -0.3 is 5.32 Å². The number of anilines is 1. The average Bonchev–Trinajstić information content (AvgIpc) is 3.17. The minimum absolute atomic E-state index is 0.0542. The fourth-order valence-corrected chi connectivity index (χ4v) is 3.76. The molecule has 1 saturated heterocycles. The van der Waals surface area contributed by atoms with Gasteiger partial charge in [0, 0.05) is 17.8 Å². The quantitative estimate of drug-likeness (QED) is 0.759. The summed E-state index contributed by atoms with van der Waals surface area (Å²) in [4.78, 5) is 14.8. The number of carbonyl (C=O) groups excluding carboxylic acids is 1. The fraction of sp³-hybridized carbons (Fsp3) is 0.333. The van der Waals surface area contributed by atoms with Gasteiger partial charge in [-0.05, 0) is 63.2 Å². The third-order valence-electron chi connectivity index (χ3n) is 5.42. The van der Waals surface area contributed by atoms with Crippen molar-refractivity contribution in [1.29, 1.82) is 5.26 Å². The number of hydrogen-bond donors (Lipinski definition) is 1. The van der Waals surface area contributed by atoms with E-state index < -0.39 is 0 Å². The monoisotopic (exact) mass is 374 g/mol. The summed E-state index contributed by atoms with van der Waals surface area (Å²) in [5.74, 6) is 1.29. The number of rotatable bonds is 4. The van der Waals surface area contributed by atoms with Gasteiger partial charge in [-0.25, -0.2) is 0 Å². The first kappa shape index (κ1) is 18.1. The largest absolute Gasteiger partial charge is 0.325 e. The third-order valence-corrected chi connectivity index (χ3v) is 5.42. The summed E-state index contributed by atoms with van der Waals surface area (Å²) in [6, 6.07) is 14.7. The highest BCUT2D eigenvalue weighted by molar-refractivity contribution is 5.94. The van der Waals surface area contributed by atoms with Gasteiger partial charge in [0.15, 0.2) is 5.65 Å². The molecule has 2 aromatic heterocycles. The van der Waals surface area contributed by atoms with Crippen molar-refractivity contribution in [2.75, 3.05) is 18.4 Å². The van der Waals surface area contributed by atoms with Gasteiger partial charge in [0.05, 0.1) is 17.7 Å². The Hall–Kier alpha value is -3.24. The van der Waals surface area contributed by atoms with Crippen LogP contribution in [-0.2, 0) is 4.79 Å². The zero-order chi connectivity index (χ0) is 19.5. The van der Waals surface area contributed by atoms with Crippen LogP contribution in [0, 0.1) is 11.3 Å². The Morgan fingerprint density at radius 1 is 1.21 bits per heavy atom. The Bertz CT molecular complexity index is 1030. The summed E-state index contributed by atoms with van der Waals surface area (Å²) >= 11 is 0. The first-order valence-electron chi connectivity index (χ1n) is 9.50. The Morgan fingerprint density at radius 3 is 2.82 bits per heavy atom. The zero-order valence-corrected chi connectivity index (χ0v) is 15.7. The summed E-state index contributed by atoms with van der Waals surface area (Å²) in [5, 5.41) is 20.5. The van der Waals surface area contributed by atoms with Crippen molar-refractivity contribution in [3.05, 3.63) is 60.0 Å². The van der Waals surface area contributed by atoms with Crippen LogP contribution >= 0.6 is 0 Å². The van der Waals surface area contributed by atoms with E-state index in [0.717, 1.165) is 37.4 Å². The maximum absolute atomic E-state index is 12.6. The lowest BCUT2D eigenvalue weighted by atomic mass is 9.95. The van der Waals surface area contributed by atoms with E-state index in [0.29, 0.717) is 17.2 Å². The highest BCUT2D eigenvalue weighted by Gasteiger charge is 2.29. The molecule has 7 heteroatoms. The summed E-state index contributed by atoms with van der Waals surface area (Å²) in [7, 11) is 0. The number of hydrogen-bond acceptors (Lipinski definition) is 5. The number of aromatic nitrogens is 3. The van der Waals surface area contributed by atoms with Crippen molar-refractivity contribution in [2.45, 2.75) is 31.7 Å². The van der Waals surface area contributed by atoms with Crippen LogP contribution in [0.5, 0.6) is 0 Å². The number of fused-ring (bicyclic) bond motifs is 1. The highest BCUT2D eigenvalue weighted by atomic mass is 16.2. The van der Waals surface area contributed by atoms with Crippen LogP contribution in [0.4, 0.5) is 5.69 Å². The van der Waals surface area contributed by atoms with Crippen molar-refractivity contribution in [1.82, 2.24) is 19.5 Å². The Balaban J connectivity index is 1.37. The second kappa shape index (κ2) is 7.79. The first-order valence-corrected chi connectivity index (χ1v) is 9.50. The molecule has 1 unspecified atom stereocenters. The predicted molar refractivity (Wildman–Crippen MR) is 106 cm³/mol. The molecule has 142 valence electrons. The zero-order valence-electron chi connectivity index (χ0n) is 15.7. The normalized spacial score (nSPS) is 16.6. The van der Waals surface area contributed by atoms with E-state index in [1.165, 1.54) is 0 Å². The van der Waals surface area contributed by atoms with Gasteiger partial charge in [0.1, 0.15) is 5.82 Å². The molecule has 0 spiro atoms. The van der Waals surface area contributed by atoms with E-state index in [9.17, 15) is 4.79 Å². The number of benzene rings is 1. The van der Waals surface area contributed by atoms with Crippen molar-refractivity contribution in [3.63, 3.8) is 0 Å². The number of pyridine rings is 1. The molecule has 3 heterocycles. The van der Waals surface area contributed by atoms with Crippen molar-refractivity contribution in [3.8, 4) is 6.07 Å². The molecular formula is C21H22N6O. The highest BCUT2D eigenvalue weighted by Crippen LogP contribution is 2.28. The lowest BCUT2D eigenvalue weighted by Crippen LogP contribution is -2.45.